The lowest BCUT2D eigenvalue weighted by atomic mass is 10.2. The second-order valence-electron chi connectivity index (χ2n) is 3.38. The smallest absolute Gasteiger partial charge is 0.250 e. The Hall–Kier alpha value is -1.05. The van der Waals surface area contributed by atoms with E-state index >= 15 is 0 Å². The van der Waals surface area contributed by atoms with Gasteiger partial charge in [-0.15, -0.1) is 0 Å². The van der Waals surface area contributed by atoms with E-state index in [1.165, 1.54) is 25.7 Å². The molecule has 0 amide bonds. The molecule has 12 heavy (non-hydrogen) atoms. The van der Waals surface area contributed by atoms with Gasteiger partial charge in [0, 0.05) is 18.3 Å². The highest BCUT2D eigenvalue weighted by molar-refractivity contribution is 4.95. The molecule has 0 radical (unpaired) electrons. The van der Waals surface area contributed by atoms with Gasteiger partial charge in [-0.25, -0.2) is 0 Å². The van der Waals surface area contributed by atoms with Gasteiger partial charge in [-0.05, 0) is 18.9 Å². The number of nitrogens with zero attached hydrogens (tertiary/aromatic N) is 1. The largest absolute Gasteiger partial charge is 0.312 e. The van der Waals surface area contributed by atoms with Crippen LogP contribution in [-0.2, 0) is 0 Å². The lowest BCUT2D eigenvalue weighted by Crippen LogP contribution is -2.21. The molecule has 1 aromatic heterocycles. The molecular formula is C10H13NO. The van der Waals surface area contributed by atoms with Crippen LogP contribution in [0, 0.1) is 0 Å². The van der Waals surface area contributed by atoms with Crippen molar-refractivity contribution in [2.24, 2.45) is 0 Å². The van der Waals surface area contributed by atoms with E-state index in [1.54, 1.807) is 12.1 Å². The number of hydrogen-bond acceptors (Lipinski definition) is 1. The highest BCUT2D eigenvalue weighted by Gasteiger charge is 2.16. The molecule has 0 spiro atoms. The van der Waals surface area contributed by atoms with Crippen LogP contribution >= 0.6 is 0 Å². The summed E-state index contributed by atoms with van der Waals surface area (Å²) in [6, 6.07) is 5.84. The maximum atomic E-state index is 11.4. The van der Waals surface area contributed by atoms with Crippen LogP contribution in [0.3, 0.4) is 0 Å². The quantitative estimate of drug-likeness (QED) is 0.620. The molecule has 2 nitrogen and oxygen atoms in total. The fourth-order valence-electron chi connectivity index (χ4n) is 1.92. The summed E-state index contributed by atoms with van der Waals surface area (Å²) in [5, 5.41) is 0. The van der Waals surface area contributed by atoms with Crippen LogP contribution in [0.4, 0.5) is 0 Å². The molecule has 64 valence electrons. The lowest BCUT2D eigenvalue weighted by molar-refractivity contribution is 0.502. The normalized spacial score (nSPS) is 18.3. The summed E-state index contributed by atoms with van der Waals surface area (Å²) in [7, 11) is 0. The van der Waals surface area contributed by atoms with Crippen LogP contribution < -0.4 is 5.56 Å². The number of hydrogen-bond donors (Lipinski definition) is 0. The molecule has 0 unspecified atom stereocenters. The van der Waals surface area contributed by atoms with E-state index in [4.69, 9.17) is 0 Å². The third-order valence-electron chi connectivity index (χ3n) is 2.57. The summed E-state index contributed by atoms with van der Waals surface area (Å²) in [6.07, 6.45) is 6.78. The van der Waals surface area contributed by atoms with Gasteiger partial charge in [-0.3, -0.25) is 4.79 Å². The molecule has 0 aliphatic heterocycles. The van der Waals surface area contributed by atoms with Crippen molar-refractivity contribution in [2.45, 2.75) is 31.7 Å². The number of rotatable bonds is 1. The molecular weight excluding hydrogens is 150 g/mol. The highest BCUT2D eigenvalue weighted by atomic mass is 16.1. The molecule has 0 saturated heterocycles. The zero-order valence-electron chi connectivity index (χ0n) is 7.07. The van der Waals surface area contributed by atoms with E-state index in [1.807, 2.05) is 16.8 Å². The Bertz CT molecular complexity index is 310. The minimum atomic E-state index is 0.143. The summed E-state index contributed by atoms with van der Waals surface area (Å²) >= 11 is 0. The molecule has 1 aliphatic rings. The minimum absolute atomic E-state index is 0.143. The fraction of sp³-hybridized carbons (Fsp3) is 0.500. The van der Waals surface area contributed by atoms with Crippen LogP contribution in [0.1, 0.15) is 31.7 Å². The van der Waals surface area contributed by atoms with Crippen molar-refractivity contribution < 1.29 is 0 Å². The van der Waals surface area contributed by atoms with Crippen LogP contribution in [0.15, 0.2) is 29.2 Å². The average molecular weight is 163 g/mol. The van der Waals surface area contributed by atoms with Gasteiger partial charge in [0.25, 0.3) is 5.56 Å². The predicted octanol–water partition coefficient (Wildman–Crippen LogP) is 1.96. The molecule has 1 aromatic rings. The third-order valence-corrected chi connectivity index (χ3v) is 2.57. The van der Waals surface area contributed by atoms with E-state index in [0.717, 1.165) is 0 Å². The van der Waals surface area contributed by atoms with E-state index in [0.29, 0.717) is 6.04 Å². The summed E-state index contributed by atoms with van der Waals surface area (Å²) in [5.74, 6) is 0. The Morgan fingerprint density at radius 2 is 2.00 bits per heavy atom. The second-order valence-corrected chi connectivity index (χ2v) is 3.38. The average Bonchev–Trinajstić information content (AvgIpc) is 2.57. The topological polar surface area (TPSA) is 22.0 Å². The van der Waals surface area contributed by atoms with E-state index in [2.05, 4.69) is 0 Å². The van der Waals surface area contributed by atoms with Gasteiger partial charge in [-0.2, -0.15) is 0 Å². The molecule has 2 heteroatoms. The Morgan fingerprint density at radius 3 is 2.67 bits per heavy atom. The second kappa shape index (κ2) is 3.13. The van der Waals surface area contributed by atoms with Crippen LogP contribution in [0.2, 0.25) is 0 Å². The number of aromatic nitrogens is 1. The van der Waals surface area contributed by atoms with Crippen molar-refractivity contribution in [2.75, 3.05) is 0 Å². The maximum Gasteiger partial charge on any atom is 0.250 e. The molecule has 2 rings (SSSR count). The molecule has 0 atom stereocenters. The van der Waals surface area contributed by atoms with Crippen molar-refractivity contribution in [3.05, 3.63) is 34.7 Å². The van der Waals surface area contributed by atoms with Crippen molar-refractivity contribution in [3.8, 4) is 0 Å². The first-order chi connectivity index (χ1) is 5.88. The SMILES string of the molecule is O=c1ccccn1C1CCCC1. The summed E-state index contributed by atoms with van der Waals surface area (Å²) in [6.45, 7) is 0. The van der Waals surface area contributed by atoms with Gasteiger partial charge < -0.3 is 4.57 Å². The zero-order chi connectivity index (χ0) is 8.39. The Labute approximate surface area is 71.8 Å². The van der Waals surface area contributed by atoms with Crippen LogP contribution in [0.25, 0.3) is 0 Å². The molecule has 1 aliphatic carbocycles. The Kier molecular flexibility index (Phi) is 1.98. The van der Waals surface area contributed by atoms with Crippen molar-refractivity contribution in [1.29, 1.82) is 0 Å². The summed E-state index contributed by atoms with van der Waals surface area (Å²) in [5.41, 5.74) is 0.143. The summed E-state index contributed by atoms with van der Waals surface area (Å²) in [4.78, 5) is 11.4. The van der Waals surface area contributed by atoms with Gasteiger partial charge in [0.1, 0.15) is 0 Å². The first kappa shape index (κ1) is 7.59. The predicted molar refractivity (Wildman–Crippen MR) is 48.2 cm³/mol. The summed E-state index contributed by atoms with van der Waals surface area (Å²) < 4.78 is 1.87. The zero-order valence-corrected chi connectivity index (χ0v) is 7.07. The molecule has 0 bridgehead atoms. The first-order valence-electron chi connectivity index (χ1n) is 4.55. The fourth-order valence-corrected chi connectivity index (χ4v) is 1.92. The van der Waals surface area contributed by atoms with Gasteiger partial charge >= 0.3 is 0 Å². The first-order valence-corrected chi connectivity index (χ1v) is 4.55. The van der Waals surface area contributed by atoms with Gasteiger partial charge in [0.15, 0.2) is 0 Å². The molecule has 0 N–H and O–H groups in total. The van der Waals surface area contributed by atoms with Crippen molar-refractivity contribution in [3.63, 3.8) is 0 Å². The van der Waals surface area contributed by atoms with E-state index in [9.17, 15) is 4.79 Å². The van der Waals surface area contributed by atoms with Crippen LogP contribution in [0.5, 0.6) is 0 Å². The van der Waals surface area contributed by atoms with E-state index < -0.39 is 0 Å². The Balaban J connectivity index is 2.32. The molecule has 1 heterocycles. The monoisotopic (exact) mass is 163 g/mol. The maximum absolute atomic E-state index is 11.4. The number of pyridine rings is 1. The molecule has 1 fully saturated rings. The van der Waals surface area contributed by atoms with E-state index in [-0.39, 0.29) is 5.56 Å². The third kappa shape index (κ3) is 1.29. The Morgan fingerprint density at radius 1 is 1.25 bits per heavy atom. The van der Waals surface area contributed by atoms with Crippen molar-refractivity contribution >= 4 is 0 Å². The van der Waals surface area contributed by atoms with Gasteiger partial charge in [0.05, 0.1) is 0 Å². The molecule has 1 saturated carbocycles. The van der Waals surface area contributed by atoms with Crippen LogP contribution in [-0.4, -0.2) is 4.57 Å². The highest BCUT2D eigenvalue weighted by Crippen LogP contribution is 2.27. The molecule has 0 aromatic carbocycles. The van der Waals surface area contributed by atoms with Crippen molar-refractivity contribution in [1.82, 2.24) is 4.57 Å². The van der Waals surface area contributed by atoms with Gasteiger partial charge in [0.2, 0.25) is 0 Å². The lowest BCUT2D eigenvalue weighted by Gasteiger charge is -2.11. The van der Waals surface area contributed by atoms with Gasteiger partial charge in [-0.1, -0.05) is 18.9 Å². The minimum Gasteiger partial charge on any atom is -0.312 e. The standard InChI is InChI=1S/C10H13NO/c12-10-7-3-4-8-11(10)9-5-1-2-6-9/h3-4,7-9H,1-2,5-6H2.